The zero-order chi connectivity index (χ0) is 10.7. The molecule has 1 rings (SSSR count). The molecule has 0 aromatic heterocycles. The minimum Gasteiger partial charge on any atom is -0.389 e. The fraction of sp³-hybridized carbons (Fsp3) is 0.400. The van der Waals surface area contributed by atoms with Crippen LogP contribution in [0, 0.1) is 0 Å². The van der Waals surface area contributed by atoms with Crippen molar-refractivity contribution in [2.75, 3.05) is 12.5 Å². The molecule has 0 amide bonds. The number of benzene rings is 1. The van der Waals surface area contributed by atoms with Crippen molar-refractivity contribution >= 4 is 35.1 Å². The maximum atomic E-state index is 9.46. The zero-order valence-electron chi connectivity index (χ0n) is 8.37. The third-order valence-corrected chi connectivity index (χ3v) is 4.09. The van der Waals surface area contributed by atoms with Gasteiger partial charge in [0.25, 0.3) is 0 Å². The Morgan fingerprint density at radius 2 is 1.93 bits per heavy atom. The number of rotatable bonds is 3. The fourth-order valence-electron chi connectivity index (χ4n) is 1.18. The average Bonchev–Trinajstić information content (AvgIpc) is 2.16. The van der Waals surface area contributed by atoms with Gasteiger partial charge in [-0.05, 0) is 37.1 Å². The third kappa shape index (κ3) is 2.60. The van der Waals surface area contributed by atoms with Crippen molar-refractivity contribution in [2.45, 2.75) is 22.8 Å². The highest BCUT2D eigenvalue weighted by atomic mass is 35.5. The van der Waals surface area contributed by atoms with Gasteiger partial charge < -0.3 is 5.11 Å². The van der Waals surface area contributed by atoms with E-state index in [9.17, 15) is 5.11 Å². The first-order chi connectivity index (χ1) is 6.60. The molecule has 78 valence electrons. The molecule has 1 aromatic carbocycles. The number of aliphatic hydroxyl groups excluding tert-OH is 1. The first-order valence-electron chi connectivity index (χ1n) is 4.19. The van der Waals surface area contributed by atoms with Gasteiger partial charge in [0, 0.05) is 9.79 Å². The Labute approximate surface area is 98.2 Å². The van der Waals surface area contributed by atoms with Crippen LogP contribution in [-0.2, 0) is 0 Å². The van der Waals surface area contributed by atoms with Crippen LogP contribution in [0.3, 0.4) is 0 Å². The molecule has 0 aliphatic carbocycles. The Balaban J connectivity index is 3.24. The summed E-state index contributed by atoms with van der Waals surface area (Å²) in [6.45, 7) is 1.74. The van der Waals surface area contributed by atoms with E-state index < -0.39 is 6.10 Å². The Morgan fingerprint density at radius 3 is 2.36 bits per heavy atom. The van der Waals surface area contributed by atoms with Gasteiger partial charge in [0.15, 0.2) is 0 Å². The van der Waals surface area contributed by atoms with Gasteiger partial charge >= 0.3 is 0 Å². The van der Waals surface area contributed by atoms with Gasteiger partial charge in [0.05, 0.1) is 11.1 Å². The number of aliphatic hydroxyl groups is 1. The third-order valence-electron chi connectivity index (χ3n) is 1.94. The quantitative estimate of drug-likeness (QED) is 0.821. The van der Waals surface area contributed by atoms with Crippen molar-refractivity contribution in [3.05, 3.63) is 22.7 Å². The summed E-state index contributed by atoms with van der Waals surface area (Å²) < 4.78 is 0. The molecular formula is C10H13ClOS2. The van der Waals surface area contributed by atoms with Gasteiger partial charge in [-0.3, -0.25) is 0 Å². The molecule has 1 aromatic rings. The number of thioether (sulfide) groups is 2. The SMILES string of the molecule is CSc1cc(C(C)O)cc(Cl)c1SC. The van der Waals surface area contributed by atoms with Gasteiger partial charge in [-0.25, -0.2) is 0 Å². The maximum Gasteiger partial charge on any atom is 0.0762 e. The first kappa shape index (κ1) is 12.2. The van der Waals surface area contributed by atoms with Gasteiger partial charge in [-0.2, -0.15) is 0 Å². The number of hydrogen-bond donors (Lipinski definition) is 1. The van der Waals surface area contributed by atoms with E-state index in [1.807, 2.05) is 24.6 Å². The molecular weight excluding hydrogens is 236 g/mol. The highest BCUT2D eigenvalue weighted by molar-refractivity contribution is 8.01. The normalized spacial score (nSPS) is 12.9. The molecule has 1 N–H and O–H groups in total. The topological polar surface area (TPSA) is 20.2 Å². The highest BCUT2D eigenvalue weighted by Crippen LogP contribution is 2.36. The van der Waals surface area contributed by atoms with E-state index in [4.69, 9.17) is 11.6 Å². The Kier molecular flexibility index (Phi) is 4.64. The van der Waals surface area contributed by atoms with Crippen molar-refractivity contribution in [1.82, 2.24) is 0 Å². The molecule has 0 saturated heterocycles. The molecule has 1 unspecified atom stereocenters. The standard InChI is InChI=1S/C10H13ClOS2/c1-6(12)7-4-8(11)10(14-3)9(5-7)13-2/h4-6,12H,1-3H3. The van der Waals surface area contributed by atoms with Crippen molar-refractivity contribution in [2.24, 2.45) is 0 Å². The second-order valence-corrected chi connectivity index (χ2v) is 4.99. The Bertz CT molecular complexity index is 326. The molecule has 0 spiro atoms. The van der Waals surface area contributed by atoms with Crippen LogP contribution in [0.4, 0.5) is 0 Å². The first-order valence-corrected chi connectivity index (χ1v) is 7.02. The van der Waals surface area contributed by atoms with Gasteiger partial charge in [-0.1, -0.05) is 11.6 Å². The van der Waals surface area contributed by atoms with Gasteiger partial charge in [-0.15, -0.1) is 23.5 Å². The summed E-state index contributed by atoms with van der Waals surface area (Å²) in [6.07, 6.45) is 3.55. The number of halogens is 1. The lowest BCUT2D eigenvalue weighted by molar-refractivity contribution is 0.199. The summed E-state index contributed by atoms with van der Waals surface area (Å²) in [4.78, 5) is 2.21. The van der Waals surface area contributed by atoms with Crippen molar-refractivity contribution in [3.8, 4) is 0 Å². The van der Waals surface area contributed by atoms with Crippen molar-refractivity contribution in [1.29, 1.82) is 0 Å². The van der Waals surface area contributed by atoms with E-state index in [-0.39, 0.29) is 0 Å². The second-order valence-electron chi connectivity index (χ2n) is 2.91. The van der Waals surface area contributed by atoms with E-state index in [1.54, 1.807) is 30.4 Å². The summed E-state index contributed by atoms with van der Waals surface area (Å²) in [7, 11) is 0. The Morgan fingerprint density at radius 1 is 1.29 bits per heavy atom. The minimum atomic E-state index is -0.464. The fourth-order valence-corrected chi connectivity index (χ4v) is 3.26. The molecule has 0 aliphatic heterocycles. The van der Waals surface area contributed by atoms with Crippen LogP contribution in [0.2, 0.25) is 5.02 Å². The maximum absolute atomic E-state index is 9.46. The van der Waals surface area contributed by atoms with Crippen molar-refractivity contribution in [3.63, 3.8) is 0 Å². The van der Waals surface area contributed by atoms with Crippen LogP contribution in [0.5, 0.6) is 0 Å². The van der Waals surface area contributed by atoms with Crippen LogP contribution in [0.1, 0.15) is 18.6 Å². The smallest absolute Gasteiger partial charge is 0.0762 e. The van der Waals surface area contributed by atoms with Gasteiger partial charge in [0.1, 0.15) is 0 Å². The lowest BCUT2D eigenvalue weighted by Crippen LogP contribution is -1.93. The molecule has 4 heteroatoms. The zero-order valence-corrected chi connectivity index (χ0v) is 10.8. The Hall–Kier alpha value is 0.170. The molecule has 0 radical (unpaired) electrons. The van der Waals surface area contributed by atoms with E-state index >= 15 is 0 Å². The molecule has 0 heterocycles. The monoisotopic (exact) mass is 248 g/mol. The summed E-state index contributed by atoms with van der Waals surface area (Å²) >= 11 is 9.39. The van der Waals surface area contributed by atoms with Crippen LogP contribution in [0.25, 0.3) is 0 Å². The molecule has 1 atom stereocenters. The minimum absolute atomic E-state index is 0.464. The molecule has 0 saturated carbocycles. The predicted octanol–water partition coefficient (Wildman–Crippen LogP) is 3.84. The lowest BCUT2D eigenvalue weighted by Gasteiger charge is -2.12. The van der Waals surface area contributed by atoms with E-state index in [1.165, 1.54) is 0 Å². The van der Waals surface area contributed by atoms with Crippen LogP contribution >= 0.6 is 35.1 Å². The van der Waals surface area contributed by atoms with Crippen LogP contribution < -0.4 is 0 Å². The largest absolute Gasteiger partial charge is 0.389 e. The molecule has 0 aliphatic rings. The molecule has 1 nitrogen and oxygen atoms in total. The predicted molar refractivity (Wildman–Crippen MR) is 65.6 cm³/mol. The molecule has 0 fully saturated rings. The van der Waals surface area contributed by atoms with E-state index in [0.717, 1.165) is 20.4 Å². The number of hydrogen-bond acceptors (Lipinski definition) is 3. The molecule has 14 heavy (non-hydrogen) atoms. The van der Waals surface area contributed by atoms with Crippen LogP contribution in [0.15, 0.2) is 21.9 Å². The van der Waals surface area contributed by atoms with Gasteiger partial charge in [0.2, 0.25) is 0 Å². The molecule has 0 bridgehead atoms. The summed E-state index contributed by atoms with van der Waals surface area (Å²) in [5.41, 5.74) is 0.872. The average molecular weight is 249 g/mol. The summed E-state index contributed by atoms with van der Waals surface area (Å²) in [5, 5.41) is 10.2. The van der Waals surface area contributed by atoms with Crippen molar-refractivity contribution < 1.29 is 5.11 Å². The lowest BCUT2D eigenvalue weighted by atomic mass is 10.1. The second kappa shape index (κ2) is 5.31. The summed E-state index contributed by atoms with van der Waals surface area (Å²) in [6, 6.07) is 3.82. The summed E-state index contributed by atoms with van der Waals surface area (Å²) in [5.74, 6) is 0. The van der Waals surface area contributed by atoms with E-state index in [2.05, 4.69) is 0 Å². The highest BCUT2D eigenvalue weighted by Gasteiger charge is 2.10. The van der Waals surface area contributed by atoms with E-state index in [0.29, 0.717) is 0 Å². The van der Waals surface area contributed by atoms with Crippen LogP contribution in [-0.4, -0.2) is 17.6 Å².